The van der Waals surface area contributed by atoms with E-state index in [-0.39, 0.29) is 24.5 Å². The van der Waals surface area contributed by atoms with Gasteiger partial charge in [-0.1, -0.05) is 6.92 Å². The van der Waals surface area contributed by atoms with Crippen molar-refractivity contribution < 1.29 is 14.7 Å². The van der Waals surface area contributed by atoms with Gasteiger partial charge in [0, 0.05) is 17.3 Å². The van der Waals surface area contributed by atoms with E-state index in [1.54, 1.807) is 6.92 Å². The van der Waals surface area contributed by atoms with E-state index in [0.29, 0.717) is 5.25 Å². The van der Waals surface area contributed by atoms with Gasteiger partial charge >= 0.3 is 12.0 Å². The van der Waals surface area contributed by atoms with Gasteiger partial charge in [0.2, 0.25) is 0 Å². The first-order chi connectivity index (χ1) is 8.51. The van der Waals surface area contributed by atoms with Crippen LogP contribution in [0.2, 0.25) is 0 Å². The van der Waals surface area contributed by atoms with Gasteiger partial charge in [0.15, 0.2) is 0 Å². The van der Waals surface area contributed by atoms with E-state index in [4.69, 9.17) is 5.11 Å². The minimum absolute atomic E-state index is 0.0492. The Bertz CT molecular complexity index is 299. The number of thioether (sulfide) groups is 1. The van der Waals surface area contributed by atoms with E-state index in [9.17, 15) is 9.59 Å². The molecule has 3 N–H and O–H groups in total. The lowest BCUT2D eigenvalue weighted by molar-refractivity contribution is -0.137. The number of hydrogen-bond acceptors (Lipinski definition) is 3. The lowest BCUT2D eigenvalue weighted by Gasteiger charge is -2.16. The largest absolute Gasteiger partial charge is 0.481 e. The third-order valence-corrected chi connectivity index (χ3v) is 4.21. The molecule has 0 aromatic heterocycles. The summed E-state index contributed by atoms with van der Waals surface area (Å²) in [4.78, 5) is 22.1. The third kappa shape index (κ3) is 5.62. The zero-order valence-corrected chi connectivity index (χ0v) is 11.8. The lowest BCUT2D eigenvalue weighted by atomic mass is 10.2. The number of urea groups is 1. The SMILES string of the molecule is CCSC1CCC(NC(=O)NC(C)CC(=O)O)C1. The van der Waals surface area contributed by atoms with Crippen LogP contribution in [0.1, 0.15) is 39.5 Å². The second kappa shape index (κ2) is 7.51. The predicted octanol–water partition coefficient (Wildman–Crippen LogP) is 1.82. The summed E-state index contributed by atoms with van der Waals surface area (Å²) < 4.78 is 0. The number of hydrogen-bond donors (Lipinski definition) is 3. The number of nitrogens with one attached hydrogen (secondary N) is 2. The van der Waals surface area contributed by atoms with Gasteiger partial charge in [-0.25, -0.2) is 4.79 Å². The average molecular weight is 274 g/mol. The molecule has 0 spiro atoms. The zero-order chi connectivity index (χ0) is 13.5. The van der Waals surface area contributed by atoms with Gasteiger partial charge in [-0.2, -0.15) is 11.8 Å². The van der Waals surface area contributed by atoms with E-state index >= 15 is 0 Å². The van der Waals surface area contributed by atoms with Crippen LogP contribution in [-0.2, 0) is 4.79 Å². The summed E-state index contributed by atoms with van der Waals surface area (Å²) >= 11 is 1.94. The zero-order valence-electron chi connectivity index (χ0n) is 10.9. The van der Waals surface area contributed by atoms with Crippen molar-refractivity contribution in [1.29, 1.82) is 0 Å². The standard InChI is InChI=1S/C12H22N2O3S/c1-3-18-10-5-4-9(7-10)14-12(17)13-8(2)6-11(15)16/h8-10H,3-7H2,1-2H3,(H,15,16)(H2,13,14,17). The maximum absolute atomic E-state index is 11.6. The molecule has 0 aromatic rings. The van der Waals surface area contributed by atoms with E-state index in [1.165, 1.54) is 0 Å². The highest BCUT2D eigenvalue weighted by Gasteiger charge is 2.26. The molecule has 5 nitrogen and oxygen atoms in total. The topological polar surface area (TPSA) is 78.4 Å². The van der Waals surface area contributed by atoms with E-state index in [1.807, 2.05) is 11.8 Å². The minimum Gasteiger partial charge on any atom is -0.481 e. The van der Waals surface area contributed by atoms with Crippen LogP contribution in [0.3, 0.4) is 0 Å². The summed E-state index contributed by atoms with van der Waals surface area (Å²) in [6, 6.07) is -0.369. The molecule has 2 amide bonds. The third-order valence-electron chi connectivity index (χ3n) is 2.98. The molecule has 1 fully saturated rings. The normalized spacial score (nSPS) is 24.6. The highest BCUT2D eigenvalue weighted by atomic mass is 32.2. The number of carboxylic acid groups (broad SMARTS) is 1. The molecule has 6 heteroatoms. The molecule has 18 heavy (non-hydrogen) atoms. The summed E-state index contributed by atoms with van der Waals surface area (Å²) in [5, 5.41) is 14.8. The van der Waals surface area contributed by atoms with Gasteiger partial charge < -0.3 is 15.7 Å². The summed E-state index contributed by atoms with van der Waals surface area (Å²) in [6.45, 7) is 3.84. The Labute approximate surface area is 112 Å². The highest BCUT2D eigenvalue weighted by molar-refractivity contribution is 7.99. The Morgan fingerprint density at radius 3 is 2.78 bits per heavy atom. The van der Waals surface area contributed by atoms with Crippen LogP contribution in [0.4, 0.5) is 4.79 Å². The van der Waals surface area contributed by atoms with Gasteiger partial charge in [-0.15, -0.1) is 0 Å². The van der Waals surface area contributed by atoms with Crippen LogP contribution in [0.25, 0.3) is 0 Å². The van der Waals surface area contributed by atoms with Crippen molar-refractivity contribution >= 4 is 23.8 Å². The number of aliphatic carboxylic acids is 1. The lowest BCUT2D eigenvalue weighted by Crippen LogP contribution is -2.45. The van der Waals surface area contributed by atoms with Crippen LogP contribution >= 0.6 is 11.8 Å². The monoisotopic (exact) mass is 274 g/mol. The molecule has 0 heterocycles. The van der Waals surface area contributed by atoms with Crippen LogP contribution in [0.15, 0.2) is 0 Å². The molecule has 0 saturated heterocycles. The van der Waals surface area contributed by atoms with Crippen molar-refractivity contribution in [2.24, 2.45) is 0 Å². The molecule has 0 aromatic carbocycles. The Hall–Kier alpha value is -0.910. The molecule has 1 rings (SSSR count). The fraction of sp³-hybridized carbons (Fsp3) is 0.833. The first-order valence-electron chi connectivity index (χ1n) is 6.41. The number of rotatable bonds is 6. The summed E-state index contributed by atoms with van der Waals surface area (Å²) in [6.07, 6.45) is 3.12. The van der Waals surface area contributed by atoms with Crippen molar-refractivity contribution in [2.75, 3.05) is 5.75 Å². The number of amides is 2. The molecule has 104 valence electrons. The van der Waals surface area contributed by atoms with Crippen LogP contribution in [0, 0.1) is 0 Å². The predicted molar refractivity (Wildman–Crippen MR) is 72.9 cm³/mol. The van der Waals surface area contributed by atoms with Gasteiger partial charge in [0.05, 0.1) is 6.42 Å². The van der Waals surface area contributed by atoms with Crippen molar-refractivity contribution in [3.8, 4) is 0 Å². The maximum Gasteiger partial charge on any atom is 0.315 e. The molecule has 1 saturated carbocycles. The quantitative estimate of drug-likeness (QED) is 0.690. The van der Waals surface area contributed by atoms with E-state index in [2.05, 4.69) is 17.6 Å². The van der Waals surface area contributed by atoms with Gasteiger partial charge in [-0.3, -0.25) is 4.79 Å². The first-order valence-corrected chi connectivity index (χ1v) is 7.46. The van der Waals surface area contributed by atoms with Gasteiger partial charge in [0.25, 0.3) is 0 Å². The molecule has 3 atom stereocenters. The number of carbonyl (C=O) groups is 2. The molecule has 0 radical (unpaired) electrons. The van der Waals surface area contributed by atoms with E-state index in [0.717, 1.165) is 25.0 Å². The van der Waals surface area contributed by atoms with E-state index < -0.39 is 5.97 Å². The summed E-state index contributed by atoms with van der Waals surface area (Å²) in [7, 11) is 0. The fourth-order valence-electron chi connectivity index (χ4n) is 2.22. The van der Waals surface area contributed by atoms with Crippen molar-refractivity contribution in [3.63, 3.8) is 0 Å². The first kappa shape index (κ1) is 15.1. The molecule has 0 aliphatic heterocycles. The van der Waals surface area contributed by atoms with Gasteiger partial charge in [0.1, 0.15) is 0 Å². The Morgan fingerprint density at radius 1 is 1.44 bits per heavy atom. The molecule has 0 bridgehead atoms. The molecule has 1 aliphatic carbocycles. The van der Waals surface area contributed by atoms with Gasteiger partial charge in [-0.05, 0) is 31.9 Å². The smallest absolute Gasteiger partial charge is 0.315 e. The summed E-state index contributed by atoms with van der Waals surface area (Å²) in [5.74, 6) is 0.210. The Kier molecular flexibility index (Phi) is 6.32. The average Bonchev–Trinajstić information content (AvgIpc) is 2.64. The Balaban J connectivity index is 2.22. The molecular weight excluding hydrogens is 252 g/mol. The molecule has 3 unspecified atom stereocenters. The van der Waals surface area contributed by atoms with Crippen molar-refractivity contribution in [1.82, 2.24) is 10.6 Å². The highest BCUT2D eigenvalue weighted by Crippen LogP contribution is 2.29. The van der Waals surface area contributed by atoms with Crippen LogP contribution in [-0.4, -0.2) is 40.2 Å². The second-order valence-electron chi connectivity index (χ2n) is 4.70. The number of carbonyl (C=O) groups excluding carboxylic acids is 1. The summed E-state index contributed by atoms with van der Waals surface area (Å²) in [5.41, 5.74) is 0. The fourth-order valence-corrected chi connectivity index (χ4v) is 3.36. The van der Waals surface area contributed by atoms with Crippen LogP contribution in [0.5, 0.6) is 0 Å². The van der Waals surface area contributed by atoms with Crippen molar-refractivity contribution in [3.05, 3.63) is 0 Å². The number of carboxylic acids is 1. The maximum atomic E-state index is 11.6. The molecule has 1 aliphatic rings. The minimum atomic E-state index is -0.900. The van der Waals surface area contributed by atoms with Crippen LogP contribution < -0.4 is 10.6 Å². The Morgan fingerprint density at radius 2 is 2.17 bits per heavy atom. The molecular formula is C12H22N2O3S. The second-order valence-corrected chi connectivity index (χ2v) is 6.28. The van der Waals surface area contributed by atoms with Crippen molar-refractivity contribution in [2.45, 2.75) is 56.9 Å².